The fourth-order valence-electron chi connectivity index (χ4n) is 7.08. The van der Waals surface area contributed by atoms with E-state index in [4.69, 9.17) is 41.1 Å². The van der Waals surface area contributed by atoms with Gasteiger partial charge < -0.3 is 24.6 Å². The van der Waals surface area contributed by atoms with E-state index in [0.717, 1.165) is 25.7 Å². The maximum Gasteiger partial charge on any atom is 0.407 e. The second-order valence-corrected chi connectivity index (χ2v) is 14.4. The van der Waals surface area contributed by atoms with Crippen LogP contribution in [0.15, 0.2) is 18.3 Å². The van der Waals surface area contributed by atoms with E-state index in [2.05, 4.69) is 15.2 Å². The van der Waals surface area contributed by atoms with Crippen molar-refractivity contribution in [2.75, 3.05) is 30.5 Å². The molecular formula is C33H41ClFN9O3. The highest BCUT2D eigenvalue weighted by atomic mass is 35.5. The van der Waals surface area contributed by atoms with E-state index in [0.29, 0.717) is 75.3 Å². The molecule has 12 nitrogen and oxygen atoms in total. The molecule has 3 saturated heterocycles. The van der Waals surface area contributed by atoms with E-state index >= 15 is 4.39 Å². The lowest BCUT2D eigenvalue weighted by Crippen LogP contribution is -2.58. The van der Waals surface area contributed by atoms with Gasteiger partial charge in [0, 0.05) is 32.3 Å². The van der Waals surface area contributed by atoms with Crippen LogP contribution >= 0.6 is 11.6 Å². The van der Waals surface area contributed by atoms with Gasteiger partial charge in [-0.05, 0) is 78.4 Å². The number of aromatic nitrogens is 6. The molecule has 3 aliphatic rings. The summed E-state index contributed by atoms with van der Waals surface area (Å²) in [4.78, 5) is 36.1. The lowest BCUT2D eigenvalue weighted by molar-refractivity contribution is -0.0368. The van der Waals surface area contributed by atoms with Crippen LogP contribution in [0.3, 0.4) is 0 Å². The van der Waals surface area contributed by atoms with E-state index in [9.17, 15) is 4.79 Å². The molecule has 1 aromatic carbocycles. The highest BCUT2D eigenvalue weighted by Crippen LogP contribution is 2.43. The summed E-state index contributed by atoms with van der Waals surface area (Å²) in [5, 5.41) is 8.26. The standard InChI is InChI=1S/C33H41ClFN9O3/c1-17-30(43-18-10-13-22(43)26(35)21(15-18)38-32(45)47-33(2,3)4)40-31-29(37-17)27(41-44(31)24-9-7-8-14-46-24)19-11-12-20-28(25(19)34)39-23(16-36-20)42(5)6/h11-12,16,18,21-22,24,26H,7-10,13-15H2,1-6H3,(H,38,45)/t18-,21-,22+,24?,26-/m0/s1. The fourth-order valence-corrected chi connectivity index (χ4v) is 7.37. The summed E-state index contributed by atoms with van der Waals surface area (Å²) in [6, 6.07) is 2.66. The number of anilines is 2. The average Bonchev–Trinajstić information content (AvgIpc) is 3.56. The van der Waals surface area contributed by atoms with Crippen LogP contribution in [0, 0.1) is 6.92 Å². The third kappa shape index (κ3) is 5.81. The number of rotatable bonds is 5. The van der Waals surface area contributed by atoms with Gasteiger partial charge in [0.15, 0.2) is 17.7 Å². The SMILES string of the molecule is Cc1nc2c(-c3ccc4ncc(N(C)C)nc4c3Cl)nn(C3CCCCO3)c2nc1N1[C@H]2CC[C@@H]1[C@@H](F)[C@@H](NC(=O)OC(C)(C)C)C2. The molecule has 5 atom stereocenters. The summed E-state index contributed by atoms with van der Waals surface area (Å²) in [7, 11) is 3.81. The summed E-state index contributed by atoms with van der Waals surface area (Å²) in [6.45, 7) is 7.90. The van der Waals surface area contributed by atoms with Gasteiger partial charge in [0.2, 0.25) is 0 Å². The van der Waals surface area contributed by atoms with E-state index in [-0.39, 0.29) is 12.3 Å². The summed E-state index contributed by atoms with van der Waals surface area (Å²) in [5.74, 6) is 1.31. The van der Waals surface area contributed by atoms with Gasteiger partial charge >= 0.3 is 6.09 Å². The fraction of sp³-hybridized carbons (Fsp3) is 0.576. The number of ether oxygens (including phenoxy) is 2. The van der Waals surface area contributed by atoms with E-state index in [1.807, 2.05) is 42.7 Å². The number of hydrogen-bond acceptors (Lipinski definition) is 10. The van der Waals surface area contributed by atoms with Crippen molar-refractivity contribution in [2.24, 2.45) is 0 Å². The number of piperidine rings is 1. The Hall–Kier alpha value is -3.84. The van der Waals surface area contributed by atoms with Gasteiger partial charge in [-0.15, -0.1) is 0 Å². The molecule has 3 aromatic heterocycles. The number of alkyl halides is 1. The van der Waals surface area contributed by atoms with Gasteiger partial charge in [-0.1, -0.05) is 11.6 Å². The van der Waals surface area contributed by atoms with Crippen molar-refractivity contribution in [1.29, 1.82) is 0 Å². The zero-order valence-electron chi connectivity index (χ0n) is 27.6. The van der Waals surface area contributed by atoms with Crippen LogP contribution in [0.1, 0.15) is 71.2 Å². The number of carbonyl (C=O) groups is 1. The second-order valence-electron chi connectivity index (χ2n) is 14.0. The number of nitrogens with zero attached hydrogens (tertiary/aromatic N) is 8. The smallest absolute Gasteiger partial charge is 0.407 e. The number of benzene rings is 1. The topological polar surface area (TPSA) is 123 Å². The van der Waals surface area contributed by atoms with Crippen LogP contribution in [0.5, 0.6) is 0 Å². The Labute approximate surface area is 278 Å². The molecule has 3 fully saturated rings. The maximum atomic E-state index is 16.1. The van der Waals surface area contributed by atoms with Crippen LogP contribution < -0.4 is 15.1 Å². The molecule has 6 heterocycles. The van der Waals surface area contributed by atoms with Gasteiger partial charge in [0.1, 0.15) is 34.3 Å². The van der Waals surface area contributed by atoms with Gasteiger partial charge in [-0.2, -0.15) is 5.10 Å². The number of halogens is 2. The van der Waals surface area contributed by atoms with Crippen molar-refractivity contribution in [3.8, 4) is 11.3 Å². The second kappa shape index (κ2) is 12.0. The summed E-state index contributed by atoms with van der Waals surface area (Å²) >= 11 is 7.05. The Bertz CT molecular complexity index is 1840. The molecule has 0 aliphatic carbocycles. The highest BCUT2D eigenvalue weighted by Gasteiger charge is 2.49. The molecule has 4 aromatic rings. The number of hydrogen-bond donors (Lipinski definition) is 1. The Balaban J connectivity index is 1.29. The van der Waals surface area contributed by atoms with Crippen molar-refractivity contribution in [1.82, 2.24) is 35.0 Å². The molecular weight excluding hydrogens is 625 g/mol. The summed E-state index contributed by atoms with van der Waals surface area (Å²) < 4.78 is 29.6. The lowest BCUT2D eigenvalue weighted by Gasteiger charge is -2.42. The first-order chi connectivity index (χ1) is 22.4. The molecule has 0 saturated carbocycles. The first kappa shape index (κ1) is 31.7. The molecule has 1 N–H and O–H groups in total. The first-order valence-corrected chi connectivity index (χ1v) is 16.7. The maximum absolute atomic E-state index is 16.1. The normalized spacial score (nSPS) is 24.6. The molecule has 0 spiro atoms. The predicted molar refractivity (Wildman–Crippen MR) is 179 cm³/mol. The number of aryl methyl sites for hydroxylation is 1. The number of carbonyl (C=O) groups excluding carboxylic acids is 1. The lowest BCUT2D eigenvalue weighted by atomic mass is 9.95. The minimum absolute atomic E-state index is 0.0152. The van der Waals surface area contributed by atoms with E-state index in [1.54, 1.807) is 27.0 Å². The molecule has 1 amide bonds. The third-order valence-corrected chi connectivity index (χ3v) is 9.61. The van der Waals surface area contributed by atoms with Crippen LogP contribution in [0.2, 0.25) is 5.02 Å². The number of amides is 1. The Morgan fingerprint density at radius 2 is 1.94 bits per heavy atom. The minimum Gasteiger partial charge on any atom is -0.444 e. The highest BCUT2D eigenvalue weighted by molar-refractivity contribution is 6.38. The van der Waals surface area contributed by atoms with E-state index in [1.165, 1.54) is 0 Å². The van der Waals surface area contributed by atoms with Gasteiger partial charge in [0.25, 0.3) is 0 Å². The largest absolute Gasteiger partial charge is 0.444 e. The molecule has 0 radical (unpaired) electrons. The van der Waals surface area contributed by atoms with Crippen molar-refractivity contribution >= 4 is 51.5 Å². The molecule has 14 heteroatoms. The quantitative estimate of drug-likeness (QED) is 0.266. The van der Waals surface area contributed by atoms with Crippen molar-refractivity contribution in [2.45, 2.75) is 102 Å². The van der Waals surface area contributed by atoms with Crippen LogP contribution in [-0.4, -0.2) is 86.4 Å². The number of nitrogens with one attached hydrogen (secondary N) is 1. The first-order valence-electron chi connectivity index (χ1n) is 16.3. The van der Waals surface area contributed by atoms with Crippen LogP contribution in [0.25, 0.3) is 33.5 Å². The van der Waals surface area contributed by atoms with Crippen molar-refractivity contribution < 1.29 is 18.7 Å². The van der Waals surface area contributed by atoms with Gasteiger partial charge in [0.05, 0.1) is 34.5 Å². The minimum atomic E-state index is -1.30. The monoisotopic (exact) mass is 665 g/mol. The Morgan fingerprint density at radius 3 is 2.66 bits per heavy atom. The molecule has 250 valence electrons. The number of alkyl carbamates (subject to hydrolysis) is 1. The average molecular weight is 666 g/mol. The zero-order valence-corrected chi connectivity index (χ0v) is 28.4. The van der Waals surface area contributed by atoms with E-state index < -0.39 is 29.9 Å². The Morgan fingerprint density at radius 1 is 1.13 bits per heavy atom. The Kier molecular flexibility index (Phi) is 8.10. The third-order valence-electron chi connectivity index (χ3n) is 9.23. The van der Waals surface area contributed by atoms with Crippen LogP contribution in [0.4, 0.5) is 20.8 Å². The zero-order chi connectivity index (χ0) is 33.2. The van der Waals surface area contributed by atoms with Crippen molar-refractivity contribution in [3.05, 3.63) is 29.0 Å². The molecule has 47 heavy (non-hydrogen) atoms. The van der Waals surface area contributed by atoms with Gasteiger partial charge in [-0.3, -0.25) is 4.98 Å². The number of fused-ring (bicyclic) bond motifs is 4. The van der Waals surface area contributed by atoms with Crippen molar-refractivity contribution in [3.63, 3.8) is 0 Å². The molecule has 3 aliphatic heterocycles. The van der Waals surface area contributed by atoms with Gasteiger partial charge in [-0.25, -0.2) is 28.8 Å². The molecule has 1 unspecified atom stereocenters. The molecule has 7 rings (SSSR count). The van der Waals surface area contributed by atoms with Crippen LogP contribution in [-0.2, 0) is 9.47 Å². The summed E-state index contributed by atoms with van der Waals surface area (Å²) in [5.41, 5.74) is 3.63. The summed E-state index contributed by atoms with van der Waals surface area (Å²) in [6.07, 6.45) is 4.13. The predicted octanol–water partition coefficient (Wildman–Crippen LogP) is 6.14. The molecule has 2 bridgehead atoms.